The van der Waals surface area contributed by atoms with Crippen LogP contribution in [0.1, 0.15) is 20.8 Å². The van der Waals surface area contributed by atoms with E-state index < -0.39 is 17.6 Å². The molecule has 0 aromatic rings. The van der Waals surface area contributed by atoms with Crippen molar-refractivity contribution in [3.05, 3.63) is 0 Å². The Labute approximate surface area is 122 Å². The molecule has 2 amide bonds. The van der Waals surface area contributed by atoms with Crippen LogP contribution in [0.15, 0.2) is 0 Å². The third-order valence-corrected chi connectivity index (χ3v) is 3.91. The van der Waals surface area contributed by atoms with Gasteiger partial charge >= 0.3 is 5.97 Å². The second-order valence-electron chi connectivity index (χ2n) is 4.71. The molecule has 7 nitrogen and oxygen atoms in total. The van der Waals surface area contributed by atoms with E-state index in [-0.39, 0.29) is 23.3 Å². The van der Waals surface area contributed by atoms with Crippen LogP contribution in [-0.2, 0) is 14.4 Å². The van der Waals surface area contributed by atoms with Crippen molar-refractivity contribution in [1.82, 2.24) is 10.6 Å². The fourth-order valence-corrected chi connectivity index (χ4v) is 2.02. The summed E-state index contributed by atoms with van der Waals surface area (Å²) in [5, 5.41) is 22.6. The van der Waals surface area contributed by atoms with E-state index in [2.05, 4.69) is 16.7 Å². The zero-order valence-corrected chi connectivity index (χ0v) is 12.5. The zero-order valence-electron chi connectivity index (χ0n) is 11.7. The lowest BCUT2D eigenvalue weighted by atomic mass is 9.90. The number of hydrogen-bond donors (Lipinski definition) is 3. The highest BCUT2D eigenvalue weighted by atomic mass is 32.2. The average molecular weight is 301 g/mol. The van der Waals surface area contributed by atoms with Crippen LogP contribution >= 0.6 is 11.8 Å². The fraction of sp³-hybridized carbons (Fsp3) is 0.667. The van der Waals surface area contributed by atoms with Gasteiger partial charge in [0.15, 0.2) is 0 Å². The van der Waals surface area contributed by atoms with Crippen molar-refractivity contribution in [2.45, 2.75) is 32.4 Å². The summed E-state index contributed by atoms with van der Waals surface area (Å²) in [6.45, 7) is 5.28. The van der Waals surface area contributed by atoms with Crippen LogP contribution in [0.2, 0.25) is 0 Å². The van der Waals surface area contributed by atoms with E-state index in [1.807, 2.05) is 13.8 Å². The first-order chi connectivity index (χ1) is 9.26. The average Bonchev–Trinajstić information content (AvgIpc) is 2.37. The molecule has 0 aromatic heterocycles. The van der Waals surface area contributed by atoms with Gasteiger partial charge in [-0.15, -0.1) is 11.8 Å². The highest BCUT2D eigenvalue weighted by Gasteiger charge is 2.29. The van der Waals surface area contributed by atoms with Gasteiger partial charge < -0.3 is 15.7 Å². The van der Waals surface area contributed by atoms with Gasteiger partial charge in [-0.3, -0.25) is 9.59 Å². The first-order valence-electron chi connectivity index (χ1n) is 5.99. The fourth-order valence-electron chi connectivity index (χ4n) is 1.17. The summed E-state index contributed by atoms with van der Waals surface area (Å²) in [5.41, 5.74) is -0.953. The Bertz CT molecular complexity index is 408. The third-order valence-electron chi connectivity index (χ3n) is 2.87. The zero-order chi connectivity index (χ0) is 15.8. The van der Waals surface area contributed by atoms with Gasteiger partial charge in [0, 0.05) is 5.75 Å². The molecule has 0 aromatic carbocycles. The minimum absolute atomic E-state index is 0.0221. The van der Waals surface area contributed by atoms with Crippen LogP contribution in [0.5, 0.6) is 0 Å². The van der Waals surface area contributed by atoms with Crippen LogP contribution in [0.3, 0.4) is 0 Å². The third kappa shape index (κ3) is 5.93. The summed E-state index contributed by atoms with van der Waals surface area (Å²) >= 11 is 1.08. The number of carboxylic acid groups (broad SMARTS) is 1. The highest BCUT2D eigenvalue weighted by molar-refractivity contribution is 8.00. The quantitative estimate of drug-likeness (QED) is 0.515. The Kier molecular flexibility index (Phi) is 7.69. The largest absolute Gasteiger partial charge is 0.480 e. The number of nitrogens with zero attached hydrogens (tertiary/aromatic N) is 1. The van der Waals surface area contributed by atoms with Gasteiger partial charge in [0.25, 0.3) is 0 Å². The second kappa shape index (κ2) is 8.43. The Morgan fingerprint density at radius 3 is 2.50 bits per heavy atom. The molecule has 20 heavy (non-hydrogen) atoms. The van der Waals surface area contributed by atoms with Crippen molar-refractivity contribution in [3.8, 4) is 6.07 Å². The van der Waals surface area contributed by atoms with Crippen molar-refractivity contribution in [2.75, 3.05) is 11.5 Å². The Morgan fingerprint density at radius 1 is 1.50 bits per heavy atom. The molecule has 0 spiro atoms. The van der Waals surface area contributed by atoms with E-state index in [0.717, 1.165) is 11.8 Å². The van der Waals surface area contributed by atoms with Gasteiger partial charge in [0.2, 0.25) is 12.3 Å². The number of amides is 2. The number of carboxylic acids is 1. The van der Waals surface area contributed by atoms with Crippen LogP contribution in [0.25, 0.3) is 0 Å². The van der Waals surface area contributed by atoms with Crippen LogP contribution in [0, 0.1) is 17.2 Å². The summed E-state index contributed by atoms with van der Waals surface area (Å²) in [6, 6.07) is 1.02. The van der Waals surface area contributed by atoms with Crippen molar-refractivity contribution in [3.63, 3.8) is 0 Å². The molecule has 2 unspecified atom stereocenters. The monoisotopic (exact) mass is 301 g/mol. The molecule has 0 aliphatic heterocycles. The first-order valence-corrected chi connectivity index (χ1v) is 7.14. The van der Waals surface area contributed by atoms with Crippen LogP contribution < -0.4 is 10.6 Å². The molecule has 0 bridgehead atoms. The summed E-state index contributed by atoms with van der Waals surface area (Å²) in [7, 11) is 0. The van der Waals surface area contributed by atoms with Crippen molar-refractivity contribution in [1.29, 1.82) is 5.26 Å². The molecule has 0 aliphatic carbocycles. The summed E-state index contributed by atoms with van der Waals surface area (Å²) in [6.07, 6.45) is 0.310. The smallest absolute Gasteiger partial charge is 0.327 e. The standard InChI is InChI=1S/C12H19N3O4S/c1-8(2)12(3,6-13)15-10(17)5-20-4-9(11(18)19)14-7-16/h7-9H,4-5H2,1-3H3,(H,14,16)(H,15,17)(H,18,19). The van der Waals surface area contributed by atoms with Gasteiger partial charge in [0.1, 0.15) is 11.6 Å². The van der Waals surface area contributed by atoms with E-state index in [4.69, 9.17) is 10.4 Å². The maximum atomic E-state index is 11.7. The molecule has 0 fully saturated rings. The van der Waals surface area contributed by atoms with E-state index in [1.54, 1.807) is 6.92 Å². The molecule has 0 saturated heterocycles. The number of hydrogen-bond acceptors (Lipinski definition) is 5. The predicted octanol–water partition coefficient (Wildman–Crippen LogP) is -0.0267. The van der Waals surface area contributed by atoms with Crippen LogP contribution in [-0.4, -0.2) is 46.5 Å². The lowest BCUT2D eigenvalue weighted by molar-refractivity contribution is -0.139. The van der Waals surface area contributed by atoms with Crippen molar-refractivity contribution in [2.24, 2.45) is 5.92 Å². The van der Waals surface area contributed by atoms with Gasteiger partial charge in [-0.05, 0) is 12.8 Å². The Balaban J connectivity index is 4.27. The van der Waals surface area contributed by atoms with Crippen molar-refractivity contribution < 1.29 is 19.5 Å². The number of thioether (sulfide) groups is 1. The number of nitrogens with one attached hydrogen (secondary N) is 2. The molecule has 0 saturated carbocycles. The van der Waals surface area contributed by atoms with Gasteiger partial charge in [-0.2, -0.15) is 5.26 Å². The normalized spacial score (nSPS) is 14.8. The number of nitriles is 1. The maximum Gasteiger partial charge on any atom is 0.327 e. The minimum atomic E-state index is -1.16. The summed E-state index contributed by atoms with van der Waals surface area (Å²) < 4.78 is 0. The summed E-state index contributed by atoms with van der Waals surface area (Å²) in [5.74, 6) is -1.46. The first kappa shape index (κ1) is 18.2. The van der Waals surface area contributed by atoms with Crippen molar-refractivity contribution >= 4 is 30.0 Å². The molecule has 0 aliphatic rings. The lowest BCUT2D eigenvalue weighted by Gasteiger charge is -2.27. The Hall–Kier alpha value is -1.75. The molecular weight excluding hydrogens is 282 g/mol. The molecule has 0 rings (SSSR count). The van der Waals surface area contributed by atoms with Gasteiger partial charge in [-0.1, -0.05) is 13.8 Å². The van der Waals surface area contributed by atoms with Gasteiger partial charge in [0.05, 0.1) is 11.8 Å². The van der Waals surface area contributed by atoms with E-state index in [0.29, 0.717) is 6.41 Å². The molecule has 3 N–H and O–H groups in total. The number of carbonyl (C=O) groups excluding carboxylic acids is 2. The number of rotatable bonds is 9. The minimum Gasteiger partial charge on any atom is -0.480 e. The molecular formula is C12H19N3O4S. The lowest BCUT2D eigenvalue weighted by Crippen LogP contribution is -2.49. The second-order valence-corrected chi connectivity index (χ2v) is 5.74. The van der Waals surface area contributed by atoms with E-state index in [9.17, 15) is 14.4 Å². The number of aliphatic carboxylic acids is 1. The molecule has 0 radical (unpaired) electrons. The van der Waals surface area contributed by atoms with E-state index >= 15 is 0 Å². The topological polar surface area (TPSA) is 119 Å². The SMILES string of the molecule is CC(C)C(C)(C#N)NC(=O)CSCC(NC=O)C(=O)O. The number of carbonyl (C=O) groups is 3. The predicted molar refractivity (Wildman–Crippen MR) is 74.9 cm³/mol. The Morgan fingerprint density at radius 2 is 2.10 bits per heavy atom. The maximum absolute atomic E-state index is 11.7. The molecule has 112 valence electrons. The van der Waals surface area contributed by atoms with Gasteiger partial charge in [-0.25, -0.2) is 4.79 Å². The summed E-state index contributed by atoms with van der Waals surface area (Å²) in [4.78, 5) is 32.7. The molecule has 2 atom stereocenters. The molecule has 8 heteroatoms. The van der Waals surface area contributed by atoms with Crippen LogP contribution in [0.4, 0.5) is 0 Å². The highest BCUT2D eigenvalue weighted by Crippen LogP contribution is 2.15. The molecule has 0 heterocycles. The van der Waals surface area contributed by atoms with E-state index in [1.165, 1.54) is 0 Å².